The smallest absolute Gasteiger partial charge is 0.271 e. The standard InChI is InChI=1S/C36H30FN3O4S/c1-3-43-28-18-16-25(17-19-28)33-32(34(41)39-27-12-5-4-6-13-27)23(2)38-36-40(33)35(42)31(45-36)21-24-10-9-14-29(20-24)44-22-26-11-7-8-15-30(26)37/h4-21,33H,3,22H2,1-2H3,(H,39,41)/b31-21-/t33-/m1/s1. The number of carbonyl (C=O) groups excluding carboxylic acids is 1. The Morgan fingerprint density at radius 3 is 2.47 bits per heavy atom. The van der Waals surface area contributed by atoms with Crippen LogP contribution in [0.4, 0.5) is 10.1 Å². The summed E-state index contributed by atoms with van der Waals surface area (Å²) in [6.45, 7) is 4.30. The molecule has 1 aliphatic heterocycles. The summed E-state index contributed by atoms with van der Waals surface area (Å²) in [7, 11) is 0. The van der Waals surface area contributed by atoms with E-state index in [4.69, 9.17) is 14.5 Å². The van der Waals surface area contributed by atoms with Crippen LogP contribution in [0.25, 0.3) is 6.08 Å². The molecule has 1 N–H and O–H groups in total. The SMILES string of the molecule is CCOc1ccc([C@@H]2C(C(=O)Nc3ccccc3)=C(C)N=c3s/c(=C\c4cccc(OCc5ccccc5F)c4)c(=O)n32)cc1. The molecule has 9 heteroatoms. The number of anilines is 1. The van der Waals surface area contributed by atoms with E-state index in [9.17, 15) is 14.0 Å². The zero-order chi connectivity index (χ0) is 31.3. The van der Waals surface area contributed by atoms with Crippen LogP contribution in [0.3, 0.4) is 0 Å². The van der Waals surface area contributed by atoms with Crippen LogP contribution in [-0.4, -0.2) is 17.1 Å². The van der Waals surface area contributed by atoms with E-state index in [-0.39, 0.29) is 23.9 Å². The number of thiazole rings is 1. The molecule has 1 aromatic heterocycles. The van der Waals surface area contributed by atoms with Crippen LogP contribution in [0.15, 0.2) is 124 Å². The molecule has 2 heterocycles. The summed E-state index contributed by atoms with van der Waals surface area (Å²) in [5.74, 6) is 0.573. The van der Waals surface area contributed by atoms with Crippen molar-refractivity contribution in [1.29, 1.82) is 0 Å². The summed E-state index contributed by atoms with van der Waals surface area (Å²) < 4.78 is 27.6. The molecular formula is C36H30FN3O4S. The van der Waals surface area contributed by atoms with Crippen molar-refractivity contribution in [2.24, 2.45) is 4.99 Å². The summed E-state index contributed by atoms with van der Waals surface area (Å²) >= 11 is 1.25. The number of allylic oxidation sites excluding steroid dienone is 1. The summed E-state index contributed by atoms with van der Waals surface area (Å²) in [5, 5.41) is 2.97. The van der Waals surface area contributed by atoms with Crippen molar-refractivity contribution in [2.75, 3.05) is 11.9 Å². The lowest BCUT2D eigenvalue weighted by molar-refractivity contribution is -0.113. The van der Waals surface area contributed by atoms with Crippen LogP contribution in [0.1, 0.15) is 36.6 Å². The maximum atomic E-state index is 14.1. The number of nitrogens with one attached hydrogen (secondary N) is 1. The van der Waals surface area contributed by atoms with Crippen molar-refractivity contribution in [3.8, 4) is 11.5 Å². The third kappa shape index (κ3) is 6.49. The molecule has 45 heavy (non-hydrogen) atoms. The van der Waals surface area contributed by atoms with Crippen molar-refractivity contribution in [1.82, 2.24) is 4.57 Å². The molecule has 226 valence electrons. The Balaban J connectivity index is 1.38. The van der Waals surface area contributed by atoms with Crippen molar-refractivity contribution in [3.63, 3.8) is 0 Å². The van der Waals surface area contributed by atoms with Gasteiger partial charge in [-0.25, -0.2) is 9.38 Å². The summed E-state index contributed by atoms with van der Waals surface area (Å²) in [6.07, 6.45) is 1.78. The number of hydrogen-bond donors (Lipinski definition) is 1. The molecule has 0 aliphatic carbocycles. The van der Waals surface area contributed by atoms with Crippen molar-refractivity contribution in [3.05, 3.63) is 157 Å². The number of hydrogen-bond acceptors (Lipinski definition) is 6. The van der Waals surface area contributed by atoms with Gasteiger partial charge in [0.05, 0.1) is 28.5 Å². The van der Waals surface area contributed by atoms with Crippen molar-refractivity contribution >= 4 is 29.0 Å². The Morgan fingerprint density at radius 2 is 1.71 bits per heavy atom. The average molecular weight is 620 g/mol. The fourth-order valence-electron chi connectivity index (χ4n) is 5.18. The normalized spacial score (nSPS) is 14.5. The number of para-hydroxylation sites is 1. The first-order valence-electron chi connectivity index (χ1n) is 14.5. The first kappa shape index (κ1) is 29.8. The zero-order valence-electron chi connectivity index (χ0n) is 24.7. The topological polar surface area (TPSA) is 81.9 Å². The Morgan fingerprint density at radius 1 is 0.956 bits per heavy atom. The quantitative estimate of drug-likeness (QED) is 0.220. The monoisotopic (exact) mass is 619 g/mol. The van der Waals surface area contributed by atoms with E-state index in [2.05, 4.69) is 5.32 Å². The minimum Gasteiger partial charge on any atom is -0.494 e. The molecule has 0 saturated carbocycles. The van der Waals surface area contributed by atoms with Gasteiger partial charge in [-0.05, 0) is 73.5 Å². The number of fused-ring (bicyclic) bond motifs is 1. The lowest BCUT2D eigenvalue weighted by Gasteiger charge is -2.25. The highest BCUT2D eigenvalue weighted by atomic mass is 32.1. The maximum absolute atomic E-state index is 14.1. The molecule has 6 rings (SSSR count). The van der Waals surface area contributed by atoms with Crippen molar-refractivity contribution < 1.29 is 18.7 Å². The molecule has 0 radical (unpaired) electrons. The van der Waals surface area contributed by atoms with E-state index in [1.165, 1.54) is 17.4 Å². The predicted molar refractivity (Wildman–Crippen MR) is 174 cm³/mol. The largest absolute Gasteiger partial charge is 0.494 e. The summed E-state index contributed by atoms with van der Waals surface area (Å²) in [4.78, 5) is 33.0. The van der Waals surface area contributed by atoms with Gasteiger partial charge in [-0.15, -0.1) is 0 Å². The van der Waals surface area contributed by atoms with E-state index in [1.807, 2.05) is 73.7 Å². The number of amides is 1. The highest BCUT2D eigenvalue weighted by Gasteiger charge is 2.32. The molecule has 7 nitrogen and oxygen atoms in total. The van der Waals surface area contributed by atoms with E-state index >= 15 is 0 Å². The number of ether oxygens (including phenoxy) is 2. The van der Waals surface area contributed by atoms with E-state index in [1.54, 1.807) is 47.9 Å². The molecule has 0 unspecified atom stereocenters. The molecular weight excluding hydrogens is 589 g/mol. The zero-order valence-corrected chi connectivity index (χ0v) is 25.5. The Kier molecular flexibility index (Phi) is 8.70. The predicted octanol–water partition coefficient (Wildman–Crippen LogP) is 5.99. The van der Waals surface area contributed by atoms with Gasteiger partial charge in [0.25, 0.3) is 11.5 Å². The molecule has 0 saturated heterocycles. The van der Waals surface area contributed by atoms with Crippen LogP contribution in [-0.2, 0) is 11.4 Å². The summed E-state index contributed by atoms with van der Waals surface area (Å²) in [6, 6.07) is 29.6. The second-order valence-electron chi connectivity index (χ2n) is 10.4. The molecule has 1 amide bonds. The molecule has 4 aromatic carbocycles. The van der Waals surface area contributed by atoms with Gasteiger partial charge >= 0.3 is 0 Å². The van der Waals surface area contributed by atoms with Crippen LogP contribution >= 0.6 is 11.3 Å². The van der Waals surface area contributed by atoms with Crippen molar-refractivity contribution in [2.45, 2.75) is 26.5 Å². The van der Waals surface area contributed by atoms with Crippen LogP contribution < -0.4 is 29.7 Å². The fourth-order valence-corrected chi connectivity index (χ4v) is 6.23. The van der Waals surface area contributed by atoms with Gasteiger partial charge in [0.15, 0.2) is 4.80 Å². The first-order valence-corrected chi connectivity index (χ1v) is 15.3. The van der Waals surface area contributed by atoms with Crippen LogP contribution in [0, 0.1) is 5.82 Å². The van der Waals surface area contributed by atoms with Gasteiger partial charge in [0.2, 0.25) is 0 Å². The first-order chi connectivity index (χ1) is 21.9. The lowest BCUT2D eigenvalue weighted by atomic mass is 9.95. The van der Waals surface area contributed by atoms with Gasteiger partial charge < -0.3 is 14.8 Å². The number of carbonyl (C=O) groups is 1. The maximum Gasteiger partial charge on any atom is 0.271 e. The Labute approximate surface area is 263 Å². The molecule has 0 fully saturated rings. The number of benzene rings is 4. The van der Waals surface area contributed by atoms with Crippen LogP contribution in [0.2, 0.25) is 0 Å². The number of halogens is 1. The highest BCUT2D eigenvalue weighted by Crippen LogP contribution is 2.32. The third-order valence-electron chi connectivity index (χ3n) is 7.31. The van der Waals surface area contributed by atoms with E-state index in [0.717, 1.165) is 11.1 Å². The molecule has 1 atom stereocenters. The van der Waals surface area contributed by atoms with Crippen LogP contribution in [0.5, 0.6) is 11.5 Å². The molecule has 1 aliphatic rings. The number of nitrogens with zero attached hydrogens (tertiary/aromatic N) is 2. The van der Waals surface area contributed by atoms with Gasteiger partial charge in [-0.3, -0.25) is 14.2 Å². The minimum absolute atomic E-state index is 0.0769. The lowest BCUT2D eigenvalue weighted by Crippen LogP contribution is -2.40. The van der Waals surface area contributed by atoms with E-state index in [0.29, 0.717) is 50.0 Å². The minimum atomic E-state index is -0.710. The molecule has 5 aromatic rings. The van der Waals surface area contributed by atoms with Gasteiger partial charge in [0, 0.05) is 11.3 Å². The fraction of sp³-hybridized carbons (Fsp3) is 0.139. The number of rotatable bonds is 9. The second kappa shape index (κ2) is 13.2. The molecule has 0 spiro atoms. The highest BCUT2D eigenvalue weighted by molar-refractivity contribution is 7.07. The summed E-state index contributed by atoms with van der Waals surface area (Å²) in [5.41, 5.74) is 3.22. The average Bonchev–Trinajstić information content (AvgIpc) is 3.34. The van der Waals surface area contributed by atoms with Gasteiger partial charge in [-0.1, -0.05) is 72.0 Å². The third-order valence-corrected chi connectivity index (χ3v) is 8.30. The Bertz CT molecular complexity index is 2070. The number of aromatic nitrogens is 1. The molecule has 0 bridgehead atoms. The Hall–Kier alpha value is -5.28. The van der Waals surface area contributed by atoms with Gasteiger partial charge in [-0.2, -0.15) is 0 Å². The second-order valence-corrected chi connectivity index (χ2v) is 11.4. The van der Waals surface area contributed by atoms with Gasteiger partial charge in [0.1, 0.15) is 23.9 Å². The van der Waals surface area contributed by atoms with E-state index < -0.39 is 6.04 Å².